The number of aryl methyl sites for hydroxylation is 2. The zero-order chi connectivity index (χ0) is 19.7. The van der Waals surface area contributed by atoms with Gasteiger partial charge in [0.2, 0.25) is 0 Å². The van der Waals surface area contributed by atoms with Crippen molar-refractivity contribution in [2.75, 3.05) is 7.11 Å². The Bertz CT molecular complexity index is 1160. The number of ether oxygens (including phenoxy) is 1. The average molecular weight is 415 g/mol. The van der Waals surface area contributed by atoms with Crippen LogP contribution in [0.3, 0.4) is 0 Å². The minimum atomic E-state index is -0.537. The summed E-state index contributed by atoms with van der Waals surface area (Å²) in [5.41, 5.74) is 2.47. The molecule has 0 amide bonds. The fourth-order valence-electron chi connectivity index (χ4n) is 2.88. The second-order valence-electron chi connectivity index (χ2n) is 6.10. The Kier molecular flexibility index (Phi) is 4.97. The van der Waals surface area contributed by atoms with Crippen molar-refractivity contribution in [3.05, 3.63) is 68.0 Å². The van der Waals surface area contributed by atoms with Crippen molar-refractivity contribution in [3.63, 3.8) is 0 Å². The van der Waals surface area contributed by atoms with E-state index in [1.807, 2.05) is 29.6 Å². The molecule has 0 aliphatic carbocycles. The van der Waals surface area contributed by atoms with E-state index in [1.54, 1.807) is 28.3 Å². The van der Waals surface area contributed by atoms with Gasteiger partial charge in [0.1, 0.15) is 11.3 Å². The van der Waals surface area contributed by atoms with E-state index in [4.69, 9.17) is 16.3 Å². The highest BCUT2D eigenvalue weighted by molar-refractivity contribution is 7.09. The predicted molar refractivity (Wildman–Crippen MR) is 107 cm³/mol. The molecular formula is C19H15ClN4O3S. The maximum atomic E-state index is 12.0. The van der Waals surface area contributed by atoms with Gasteiger partial charge in [0.05, 0.1) is 23.4 Å². The van der Waals surface area contributed by atoms with Gasteiger partial charge in [-0.3, -0.25) is 4.79 Å². The largest absolute Gasteiger partial charge is 0.465 e. The molecule has 142 valence electrons. The predicted octanol–water partition coefficient (Wildman–Crippen LogP) is 3.48. The molecule has 2 aliphatic heterocycles. The monoisotopic (exact) mass is 414 g/mol. The third-order valence-corrected chi connectivity index (χ3v) is 5.46. The number of aromatic amines is 1. The van der Waals surface area contributed by atoms with Gasteiger partial charge in [-0.05, 0) is 12.1 Å². The maximum absolute atomic E-state index is 12.0. The highest BCUT2D eigenvalue weighted by atomic mass is 35.5. The summed E-state index contributed by atoms with van der Waals surface area (Å²) in [5, 5.41) is 9.93. The lowest BCUT2D eigenvalue weighted by Crippen LogP contribution is -2.12. The number of hydrogen-bond acceptors (Lipinski definition) is 6. The normalized spacial score (nSPS) is 11.1. The van der Waals surface area contributed by atoms with Crippen molar-refractivity contribution in [2.45, 2.75) is 13.0 Å². The molecule has 9 heteroatoms. The van der Waals surface area contributed by atoms with E-state index in [9.17, 15) is 9.59 Å². The minimum Gasteiger partial charge on any atom is -0.465 e. The third-order valence-electron chi connectivity index (χ3n) is 4.29. The Hall–Kier alpha value is -2.97. The molecule has 0 fully saturated rings. The first-order valence-corrected chi connectivity index (χ1v) is 9.68. The van der Waals surface area contributed by atoms with Gasteiger partial charge in [-0.25, -0.2) is 14.9 Å². The van der Waals surface area contributed by atoms with Gasteiger partial charge in [-0.2, -0.15) is 5.10 Å². The number of esters is 1. The third kappa shape index (κ3) is 3.56. The first-order chi connectivity index (χ1) is 13.5. The summed E-state index contributed by atoms with van der Waals surface area (Å²) in [7, 11) is 1.30. The van der Waals surface area contributed by atoms with Crippen LogP contribution in [-0.4, -0.2) is 32.8 Å². The summed E-state index contributed by atoms with van der Waals surface area (Å²) in [5.74, 6) is -0.537. The summed E-state index contributed by atoms with van der Waals surface area (Å²) in [6.45, 7) is 0.554. The number of thiazole rings is 1. The zero-order valence-corrected chi connectivity index (χ0v) is 16.4. The quantitative estimate of drug-likeness (QED) is 0.505. The second-order valence-corrected chi connectivity index (χ2v) is 7.48. The molecule has 28 heavy (non-hydrogen) atoms. The van der Waals surface area contributed by atoms with Crippen LogP contribution >= 0.6 is 22.9 Å². The Morgan fingerprint density at radius 3 is 2.82 bits per heavy atom. The second kappa shape index (κ2) is 7.57. The van der Waals surface area contributed by atoms with E-state index < -0.39 is 5.97 Å². The van der Waals surface area contributed by atoms with Crippen LogP contribution in [0.1, 0.15) is 15.4 Å². The van der Waals surface area contributed by atoms with E-state index in [1.165, 1.54) is 7.11 Å². The van der Waals surface area contributed by atoms with E-state index in [-0.39, 0.29) is 11.1 Å². The molecule has 0 saturated heterocycles. The molecule has 0 radical (unpaired) electrons. The van der Waals surface area contributed by atoms with Crippen molar-refractivity contribution in [2.24, 2.45) is 0 Å². The number of carbonyl (C=O) groups is 1. The van der Waals surface area contributed by atoms with Crippen molar-refractivity contribution in [1.29, 1.82) is 0 Å². The van der Waals surface area contributed by atoms with Gasteiger partial charge in [-0.1, -0.05) is 23.7 Å². The van der Waals surface area contributed by atoms with Gasteiger partial charge in [0, 0.05) is 41.3 Å². The van der Waals surface area contributed by atoms with Crippen molar-refractivity contribution >= 4 is 28.9 Å². The van der Waals surface area contributed by atoms with E-state index in [2.05, 4.69) is 15.2 Å². The first kappa shape index (κ1) is 18.4. The van der Waals surface area contributed by atoms with Gasteiger partial charge < -0.3 is 9.30 Å². The average Bonchev–Trinajstić information content (AvgIpc) is 3.33. The lowest BCUT2D eigenvalue weighted by Gasteiger charge is -2.11. The molecule has 1 aromatic carbocycles. The molecule has 7 nitrogen and oxygen atoms in total. The van der Waals surface area contributed by atoms with Crippen LogP contribution in [0, 0.1) is 0 Å². The van der Waals surface area contributed by atoms with Crippen LogP contribution in [0.25, 0.3) is 22.5 Å². The Morgan fingerprint density at radius 1 is 1.29 bits per heavy atom. The number of pyridine rings is 1. The van der Waals surface area contributed by atoms with Crippen LogP contribution in [0.4, 0.5) is 0 Å². The highest BCUT2D eigenvalue weighted by Crippen LogP contribution is 2.25. The van der Waals surface area contributed by atoms with E-state index in [0.717, 1.165) is 16.3 Å². The Labute approximate surface area is 168 Å². The van der Waals surface area contributed by atoms with Crippen LogP contribution in [0.5, 0.6) is 0 Å². The molecule has 2 aromatic rings. The van der Waals surface area contributed by atoms with Crippen LogP contribution in [0.15, 0.2) is 46.8 Å². The smallest absolute Gasteiger partial charge is 0.341 e. The number of rotatable bonds is 5. The Morgan fingerprint density at radius 2 is 2.07 bits per heavy atom. The van der Waals surface area contributed by atoms with Crippen LogP contribution in [0.2, 0.25) is 5.02 Å². The van der Waals surface area contributed by atoms with Crippen LogP contribution in [-0.2, 0) is 17.7 Å². The molecule has 0 bridgehead atoms. The number of fused-ring (bicyclic) bond motifs is 1. The van der Waals surface area contributed by atoms with Gasteiger partial charge in [0.15, 0.2) is 0 Å². The highest BCUT2D eigenvalue weighted by Gasteiger charge is 2.21. The molecular weight excluding hydrogens is 400 g/mol. The SMILES string of the molecule is COC(=O)c1cn(CCc2nc(-c3ccc(Cl)cc3)cs2)cc2c(=O)[nH]nc1-2. The summed E-state index contributed by atoms with van der Waals surface area (Å²) in [6, 6.07) is 7.53. The molecule has 0 unspecified atom stereocenters. The zero-order valence-electron chi connectivity index (χ0n) is 14.8. The number of carbonyl (C=O) groups excluding carboxylic acids is 1. The van der Waals surface area contributed by atoms with Crippen LogP contribution < -0.4 is 5.56 Å². The molecule has 0 spiro atoms. The standard InChI is InChI=1S/C19H15ClN4O3S/c1-27-19(26)14-9-24(8-13-17(14)22-23-18(13)25)7-6-16-21-15(10-28-16)11-2-4-12(20)5-3-11/h2-5,8-10H,6-7H2,1H3,(H,23,25). The maximum Gasteiger partial charge on any atom is 0.341 e. The number of nitrogens with zero attached hydrogens (tertiary/aromatic N) is 3. The summed E-state index contributed by atoms with van der Waals surface area (Å²) in [4.78, 5) is 28.6. The first-order valence-electron chi connectivity index (χ1n) is 8.42. The molecule has 2 aliphatic rings. The number of H-pyrrole nitrogens is 1. The molecule has 0 atom stereocenters. The molecule has 1 aromatic heterocycles. The van der Waals surface area contributed by atoms with Crippen molar-refractivity contribution in [1.82, 2.24) is 19.7 Å². The fourth-order valence-corrected chi connectivity index (χ4v) is 3.80. The molecule has 1 N–H and O–H groups in total. The summed E-state index contributed by atoms with van der Waals surface area (Å²) in [6.07, 6.45) is 3.98. The van der Waals surface area contributed by atoms with E-state index >= 15 is 0 Å². The van der Waals surface area contributed by atoms with Crippen molar-refractivity contribution in [3.8, 4) is 22.5 Å². The number of nitrogens with one attached hydrogen (secondary N) is 1. The Balaban J connectivity index is 1.57. The number of benzene rings is 1. The number of methoxy groups -OCH3 is 1. The molecule has 0 saturated carbocycles. The van der Waals surface area contributed by atoms with E-state index in [0.29, 0.717) is 29.2 Å². The number of aromatic nitrogens is 4. The topological polar surface area (TPSA) is 89.9 Å². The number of hydrogen-bond donors (Lipinski definition) is 1. The van der Waals surface area contributed by atoms with Gasteiger partial charge in [-0.15, -0.1) is 11.3 Å². The lowest BCUT2D eigenvalue weighted by atomic mass is 10.1. The molecule has 4 rings (SSSR count). The number of halogens is 1. The van der Waals surface area contributed by atoms with Crippen molar-refractivity contribution < 1.29 is 9.53 Å². The fraction of sp³-hybridized carbons (Fsp3) is 0.158. The minimum absolute atomic E-state index is 0.249. The summed E-state index contributed by atoms with van der Waals surface area (Å²) >= 11 is 7.49. The van der Waals surface area contributed by atoms with Gasteiger partial charge >= 0.3 is 5.97 Å². The van der Waals surface area contributed by atoms with Gasteiger partial charge in [0.25, 0.3) is 5.56 Å². The molecule has 3 heterocycles. The summed E-state index contributed by atoms with van der Waals surface area (Å²) < 4.78 is 6.59. The lowest BCUT2D eigenvalue weighted by molar-refractivity contribution is 0.0600.